The number of rotatable bonds is 10. The molecule has 4 atom stereocenters. The Morgan fingerprint density at radius 2 is 1.47 bits per heavy atom. The van der Waals surface area contributed by atoms with Gasteiger partial charge in [0.15, 0.2) is 0 Å². The van der Waals surface area contributed by atoms with E-state index in [-0.39, 0.29) is 18.4 Å². The van der Waals surface area contributed by atoms with E-state index in [9.17, 15) is 14.7 Å². The molecule has 0 bridgehead atoms. The molecule has 6 heteroatoms. The van der Waals surface area contributed by atoms with E-state index in [4.69, 9.17) is 4.74 Å². The van der Waals surface area contributed by atoms with Gasteiger partial charge in [0.05, 0.1) is 18.2 Å². The van der Waals surface area contributed by atoms with Crippen LogP contribution in [0.15, 0.2) is 84.9 Å². The Bertz CT molecular complexity index is 1210. The van der Waals surface area contributed by atoms with Gasteiger partial charge in [0.25, 0.3) is 0 Å². The minimum atomic E-state index is -0.962. The van der Waals surface area contributed by atoms with Crippen molar-refractivity contribution in [1.82, 2.24) is 10.6 Å². The lowest BCUT2D eigenvalue weighted by molar-refractivity contribution is -0.127. The van der Waals surface area contributed by atoms with Gasteiger partial charge in [-0.15, -0.1) is 0 Å². The summed E-state index contributed by atoms with van der Waals surface area (Å²) in [4.78, 5) is 26.2. The molecule has 0 aliphatic heterocycles. The molecule has 0 radical (unpaired) electrons. The predicted molar refractivity (Wildman–Crippen MR) is 149 cm³/mol. The van der Waals surface area contributed by atoms with Gasteiger partial charge in [-0.25, -0.2) is 4.79 Å². The van der Waals surface area contributed by atoms with Crippen LogP contribution in [0.25, 0.3) is 0 Å². The van der Waals surface area contributed by atoms with Gasteiger partial charge in [0.2, 0.25) is 5.91 Å². The number of amides is 2. The molecule has 0 saturated heterocycles. The van der Waals surface area contributed by atoms with Gasteiger partial charge in [0, 0.05) is 5.92 Å². The van der Waals surface area contributed by atoms with Crippen molar-refractivity contribution in [3.8, 4) is 0 Å². The number of ether oxygens (including phenoxy) is 1. The van der Waals surface area contributed by atoms with E-state index in [0.29, 0.717) is 12.8 Å². The number of hydrogen-bond donors (Lipinski definition) is 3. The fourth-order valence-corrected chi connectivity index (χ4v) is 4.92. The molecule has 4 rings (SSSR count). The summed E-state index contributed by atoms with van der Waals surface area (Å²) < 4.78 is 5.47. The SMILES string of the molecule is CC(C)(C)OC(=O)N[C@@H](Cc1ccccc1)[C@@H](O)C[C@H](Cc1ccccc1)C(=O)NC1Cc2ccccc21. The van der Waals surface area contributed by atoms with Crippen molar-refractivity contribution in [3.63, 3.8) is 0 Å². The smallest absolute Gasteiger partial charge is 0.407 e. The van der Waals surface area contributed by atoms with E-state index >= 15 is 0 Å². The normalized spacial score (nSPS) is 16.8. The number of carbonyl (C=O) groups excluding carboxylic acids is 2. The number of hydrogen-bond acceptors (Lipinski definition) is 4. The summed E-state index contributed by atoms with van der Waals surface area (Å²) in [6.07, 6.45) is 0.352. The molecule has 0 heterocycles. The molecule has 6 nitrogen and oxygen atoms in total. The number of nitrogens with one attached hydrogen (secondary N) is 2. The Hall–Kier alpha value is -3.64. The van der Waals surface area contributed by atoms with Crippen LogP contribution >= 0.6 is 0 Å². The highest BCUT2D eigenvalue weighted by atomic mass is 16.6. The summed E-state index contributed by atoms with van der Waals surface area (Å²) in [7, 11) is 0. The molecule has 1 aliphatic rings. The Morgan fingerprint density at radius 1 is 0.895 bits per heavy atom. The van der Waals surface area contributed by atoms with E-state index in [1.54, 1.807) is 20.8 Å². The van der Waals surface area contributed by atoms with Gasteiger partial charge in [-0.1, -0.05) is 84.9 Å². The van der Waals surface area contributed by atoms with Crippen LogP contribution in [0, 0.1) is 5.92 Å². The Balaban J connectivity index is 1.50. The molecule has 200 valence electrons. The van der Waals surface area contributed by atoms with Crippen LogP contribution in [0.3, 0.4) is 0 Å². The average Bonchev–Trinajstić information content (AvgIpc) is 2.86. The summed E-state index contributed by atoms with van der Waals surface area (Å²) in [5.74, 6) is -0.568. The van der Waals surface area contributed by atoms with Crippen molar-refractivity contribution in [2.45, 2.75) is 70.2 Å². The van der Waals surface area contributed by atoms with Crippen molar-refractivity contribution in [2.75, 3.05) is 0 Å². The lowest BCUT2D eigenvalue weighted by atomic mass is 9.82. The number of fused-ring (bicyclic) bond motifs is 1. The molecule has 38 heavy (non-hydrogen) atoms. The largest absolute Gasteiger partial charge is 0.444 e. The van der Waals surface area contributed by atoms with E-state index in [2.05, 4.69) is 16.7 Å². The Labute approximate surface area is 225 Å². The van der Waals surface area contributed by atoms with Crippen molar-refractivity contribution in [3.05, 3.63) is 107 Å². The first-order valence-electron chi connectivity index (χ1n) is 13.3. The third-order valence-corrected chi connectivity index (χ3v) is 6.86. The lowest BCUT2D eigenvalue weighted by Gasteiger charge is -2.33. The first kappa shape index (κ1) is 27.4. The van der Waals surface area contributed by atoms with Crippen LogP contribution in [0.5, 0.6) is 0 Å². The fraction of sp³-hybridized carbons (Fsp3) is 0.375. The van der Waals surface area contributed by atoms with Crippen LogP contribution in [-0.2, 0) is 28.8 Å². The van der Waals surface area contributed by atoms with E-state index < -0.39 is 29.8 Å². The number of benzene rings is 3. The van der Waals surface area contributed by atoms with Crippen molar-refractivity contribution >= 4 is 12.0 Å². The molecule has 1 unspecified atom stereocenters. The van der Waals surface area contributed by atoms with Crippen molar-refractivity contribution in [2.24, 2.45) is 5.92 Å². The van der Waals surface area contributed by atoms with E-state index in [1.165, 1.54) is 5.56 Å². The summed E-state index contributed by atoms with van der Waals surface area (Å²) in [6.45, 7) is 5.40. The molecule has 0 spiro atoms. The van der Waals surface area contributed by atoms with Gasteiger partial charge in [-0.05, 0) is 68.7 Å². The molecular formula is C32H38N2O4. The topological polar surface area (TPSA) is 87.7 Å². The maximum Gasteiger partial charge on any atom is 0.407 e. The standard InChI is InChI=1S/C32H38N2O4/c1-32(2,3)38-31(37)34-28(19-23-14-8-5-9-15-23)29(35)21-25(18-22-12-6-4-7-13-22)30(36)33-27-20-24-16-10-11-17-26(24)27/h4-17,25,27-29,35H,18-21H2,1-3H3,(H,33,36)(H,34,37)/t25-,27?,28-,29-/m0/s1. The number of alkyl carbamates (subject to hydrolysis) is 1. The van der Waals surface area contributed by atoms with E-state index in [1.807, 2.05) is 78.9 Å². The average molecular weight is 515 g/mol. The Kier molecular flexibility index (Phi) is 8.85. The molecule has 3 aromatic carbocycles. The van der Waals surface area contributed by atoms with Gasteiger partial charge in [-0.3, -0.25) is 4.79 Å². The zero-order valence-corrected chi connectivity index (χ0v) is 22.4. The second-order valence-electron chi connectivity index (χ2n) is 11.1. The van der Waals surface area contributed by atoms with Crippen molar-refractivity contribution in [1.29, 1.82) is 0 Å². The van der Waals surface area contributed by atoms with E-state index in [0.717, 1.165) is 23.1 Å². The molecular weight excluding hydrogens is 476 g/mol. The maximum absolute atomic E-state index is 13.6. The monoisotopic (exact) mass is 514 g/mol. The Morgan fingerprint density at radius 3 is 2.08 bits per heavy atom. The molecule has 0 saturated carbocycles. The second-order valence-corrected chi connectivity index (χ2v) is 11.1. The molecule has 3 N–H and O–H groups in total. The fourth-order valence-electron chi connectivity index (χ4n) is 4.92. The number of carbonyl (C=O) groups is 2. The van der Waals surface area contributed by atoms with Crippen LogP contribution in [0.2, 0.25) is 0 Å². The molecule has 1 aliphatic carbocycles. The highest BCUT2D eigenvalue weighted by Gasteiger charge is 2.33. The summed E-state index contributed by atoms with van der Waals surface area (Å²) in [5, 5.41) is 17.5. The first-order chi connectivity index (χ1) is 18.2. The predicted octanol–water partition coefficient (Wildman–Crippen LogP) is 5.15. The van der Waals surface area contributed by atoms with Gasteiger partial charge >= 0.3 is 6.09 Å². The van der Waals surface area contributed by atoms with Crippen molar-refractivity contribution < 1.29 is 19.4 Å². The minimum absolute atomic E-state index is 0.0193. The molecule has 2 amide bonds. The van der Waals surface area contributed by atoms with Gasteiger partial charge in [-0.2, -0.15) is 0 Å². The zero-order valence-electron chi connectivity index (χ0n) is 22.4. The molecule has 0 aromatic heterocycles. The number of aliphatic hydroxyl groups is 1. The quantitative estimate of drug-likeness (QED) is 0.349. The highest BCUT2D eigenvalue weighted by molar-refractivity contribution is 5.80. The highest BCUT2D eigenvalue weighted by Crippen LogP contribution is 2.33. The van der Waals surface area contributed by atoms with Gasteiger partial charge in [0.1, 0.15) is 5.60 Å². The summed E-state index contributed by atoms with van der Waals surface area (Å²) in [5.41, 5.74) is 3.73. The van der Waals surface area contributed by atoms with Crippen LogP contribution in [-0.4, -0.2) is 34.9 Å². The number of aliphatic hydroxyl groups excluding tert-OH is 1. The van der Waals surface area contributed by atoms with Gasteiger partial charge < -0.3 is 20.5 Å². The summed E-state index contributed by atoms with van der Waals surface area (Å²) in [6, 6.07) is 27.0. The third kappa shape index (κ3) is 7.68. The minimum Gasteiger partial charge on any atom is -0.444 e. The third-order valence-electron chi connectivity index (χ3n) is 6.86. The van der Waals surface area contributed by atoms with Crippen LogP contribution in [0.4, 0.5) is 4.79 Å². The second kappa shape index (κ2) is 12.3. The first-order valence-corrected chi connectivity index (χ1v) is 13.3. The lowest BCUT2D eigenvalue weighted by Crippen LogP contribution is -2.48. The van der Waals surface area contributed by atoms with Crippen LogP contribution in [0.1, 0.15) is 55.5 Å². The van der Waals surface area contributed by atoms with Crippen LogP contribution < -0.4 is 10.6 Å². The summed E-state index contributed by atoms with van der Waals surface area (Å²) >= 11 is 0. The zero-order chi connectivity index (χ0) is 27.1. The molecule has 3 aromatic rings. The maximum atomic E-state index is 13.6. The molecule has 0 fully saturated rings.